The van der Waals surface area contributed by atoms with Gasteiger partial charge in [0.2, 0.25) is 3.79 Å². The number of nitrogens with one attached hydrogen (secondary N) is 1. The number of amides is 1. The summed E-state index contributed by atoms with van der Waals surface area (Å²) < 4.78 is 3.33. The van der Waals surface area contributed by atoms with E-state index in [1.165, 1.54) is 30.1 Å². The second kappa shape index (κ2) is 11.3. The molecule has 0 aromatic heterocycles. The number of hydrogen-bond acceptors (Lipinski definition) is 2. The van der Waals surface area contributed by atoms with Crippen molar-refractivity contribution < 1.29 is 9.53 Å². The summed E-state index contributed by atoms with van der Waals surface area (Å²) in [4.78, 5) is 11.7. The van der Waals surface area contributed by atoms with Gasteiger partial charge in [0.1, 0.15) is 6.61 Å². The van der Waals surface area contributed by atoms with Crippen LogP contribution in [0, 0.1) is 0 Å². The van der Waals surface area contributed by atoms with Crippen molar-refractivity contribution in [3.05, 3.63) is 35.9 Å². The van der Waals surface area contributed by atoms with E-state index in [9.17, 15) is 4.79 Å². The topological polar surface area (TPSA) is 38.3 Å². The summed E-state index contributed by atoms with van der Waals surface area (Å²) in [6.07, 6.45) is 1.80. The number of aryl methyl sites for hydroxylation is 1. The molecule has 0 aliphatic heterocycles. The third-order valence-corrected chi connectivity index (χ3v) is 10.9. The minimum absolute atomic E-state index is 0.245. The average Bonchev–Trinajstić information content (AvgIpc) is 2.59. The lowest BCUT2D eigenvalue weighted by Crippen LogP contribution is -2.38. The molecular weight excluding hydrogens is 397 g/mol. The van der Waals surface area contributed by atoms with Gasteiger partial charge in [-0.05, 0) is 18.0 Å². The second-order valence-electron chi connectivity index (χ2n) is 6.41. The molecule has 25 heavy (non-hydrogen) atoms. The van der Waals surface area contributed by atoms with Crippen molar-refractivity contribution in [1.29, 1.82) is 0 Å². The van der Waals surface area contributed by atoms with Gasteiger partial charge in [0.25, 0.3) is 0 Å². The quantitative estimate of drug-likeness (QED) is 0.358. The molecule has 0 unspecified atom stereocenters. The van der Waals surface area contributed by atoms with Crippen LogP contribution in [0.4, 0.5) is 4.79 Å². The van der Waals surface area contributed by atoms with Gasteiger partial charge in [-0.2, -0.15) is 0 Å². The van der Waals surface area contributed by atoms with E-state index in [4.69, 9.17) is 39.5 Å². The number of halogens is 3. The number of alkyl carbamates (subject to hydrolysis) is 1. The van der Waals surface area contributed by atoms with Crippen molar-refractivity contribution in [2.24, 2.45) is 0 Å². The lowest BCUT2D eigenvalue weighted by molar-refractivity contribution is 0.149. The van der Waals surface area contributed by atoms with E-state index in [-0.39, 0.29) is 6.61 Å². The zero-order chi connectivity index (χ0) is 18.8. The van der Waals surface area contributed by atoms with Crippen molar-refractivity contribution in [2.45, 2.75) is 54.7 Å². The number of hydrogen-bond donors (Lipinski definition) is 1. The van der Waals surface area contributed by atoms with Crippen molar-refractivity contribution in [2.75, 3.05) is 13.2 Å². The summed E-state index contributed by atoms with van der Waals surface area (Å²) in [6, 6.07) is 15.4. The number of carbonyl (C=O) groups is 1. The van der Waals surface area contributed by atoms with Crippen LogP contribution in [-0.2, 0) is 11.2 Å². The lowest BCUT2D eigenvalue weighted by atomic mass is 10.1. The zero-order valence-corrected chi connectivity index (χ0v) is 18.3. The van der Waals surface area contributed by atoms with Crippen molar-refractivity contribution >= 4 is 49.0 Å². The monoisotopic (exact) mass is 423 g/mol. The molecule has 0 saturated carbocycles. The number of alkyl halides is 3. The van der Waals surface area contributed by atoms with Gasteiger partial charge in [0.05, 0.1) is 8.07 Å². The molecule has 1 rings (SSSR count). The molecule has 0 atom stereocenters. The highest BCUT2D eigenvalue weighted by molar-refractivity contribution is 6.79. The summed E-state index contributed by atoms with van der Waals surface area (Å²) in [5.41, 5.74) is 1.39. The van der Waals surface area contributed by atoms with Gasteiger partial charge in [-0.3, -0.25) is 0 Å². The molecule has 1 aromatic carbocycles. The highest BCUT2D eigenvalue weighted by Crippen LogP contribution is 2.28. The first kappa shape index (κ1) is 22.6. The predicted molar refractivity (Wildman–Crippen MR) is 111 cm³/mol. The van der Waals surface area contributed by atoms with Crippen LogP contribution in [0.2, 0.25) is 24.2 Å². The fraction of sp³-hybridized carbons (Fsp3) is 0.611. The standard InChI is InChI=1S/C18H28Cl3NO2Si/c1-3-25(4-2,13-8-11-16-9-6-5-7-10-16)14-12-22-17(23)24-15-18(19,20)21/h5-7,9-10H,3-4,8,11-15H2,1-2H3,(H,22,23). The molecular formula is C18H28Cl3NO2Si. The molecule has 0 aliphatic rings. The Labute approximate surface area is 167 Å². The van der Waals surface area contributed by atoms with E-state index < -0.39 is 18.0 Å². The Bertz CT molecular complexity index is 505. The third kappa shape index (κ3) is 9.74. The normalized spacial score (nSPS) is 12.0. The van der Waals surface area contributed by atoms with Crippen LogP contribution in [0.25, 0.3) is 0 Å². The molecule has 7 heteroatoms. The molecule has 0 saturated heterocycles. The maximum Gasteiger partial charge on any atom is 0.407 e. The van der Waals surface area contributed by atoms with Crippen molar-refractivity contribution in [3.63, 3.8) is 0 Å². The molecule has 0 fully saturated rings. The van der Waals surface area contributed by atoms with Gasteiger partial charge in [-0.1, -0.05) is 104 Å². The Kier molecular flexibility index (Phi) is 10.2. The summed E-state index contributed by atoms with van der Waals surface area (Å²) in [6.45, 7) is 4.93. The van der Waals surface area contributed by atoms with Crippen molar-refractivity contribution in [1.82, 2.24) is 5.32 Å². The van der Waals surface area contributed by atoms with Gasteiger partial charge >= 0.3 is 6.09 Å². The second-order valence-corrected chi connectivity index (χ2v) is 14.3. The minimum Gasteiger partial charge on any atom is -0.445 e. The van der Waals surface area contributed by atoms with Crippen molar-refractivity contribution in [3.8, 4) is 0 Å². The van der Waals surface area contributed by atoms with E-state index in [1.54, 1.807) is 0 Å². The Morgan fingerprint density at radius 1 is 1.12 bits per heavy atom. The fourth-order valence-corrected chi connectivity index (χ4v) is 6.93. The van der Waals surface area contributed by atoms with Gasteiger partial charge < -0.3 is 10.1 Å². The largest absolute Gasteiger partial charge is 0.445 e. The summed E-state index contributed by atoms with van der Waals surface area (Å²) >= 11 is 16.7. The Balaban J connectivity index is 2.37. The van der Waals surface area contributed by atoms with E-state index in [2.05, 4.69) is 43.4 Å². The van der Waals surface area contributed by atoms with Crippen LogP contribution < -0.4 is 5.32 Å². The van der Waals surface area contributed by atoms with Gasteiger partial charge in [-0.25, -0.2) is 4.79 Å². The SMILES string of the molecule is CC[Si](CC)(CCCc1ccccc1)CCNC(=O)OCC(Cl)(Cl)Cl. The molecule has 142 valence electrons. The minimum atomic E-state index is -1.57. The Morgan fingerprint density at radius 2 is 1.76 bits per heavy atom. The maximum atomic E-state index is 11.7. The molecule has 0 bridgehead atoms. The molecule has 0 heterocycles. The molecule has 1 N–H and O–H groups in total. The summed E-state index contributed by atoms with van der Waals surface area (Å²) in [7, 11) is -1.37. The van der Waals surface area contributed by atoms with Crippen LogP contribution in [0.5, 0.6) is 0 Å². The highest BCUT2D eigenvalue weighted by Gasteiger charge is 2.28. The van der Waals surface area contributed by atoms with E-state index in [0.29, 0.717) is 6.54 Å². The molecule has 0 radical (unpaired) electrons. The Morgan fingerprint density at radius 3 is 2.32 bits per heavy atom. The van der Waals surface area contributed by atoms with Crippen LogP contribution >= 0.6 is 34.8 Å². The van der Waals surface area contributed by atoms with E-state index in [0.717, 1.165) is 12.5 Å². The highest BCUT2D eigenvalue weighted by atomic mass is 35.6. The molecule has 1 aromatic rings. The van der Waals surface area contributed by atoms with Crippen LogP contribution in [0.15, 0.2) is 30.3 Å². The average molecular weight is 425 g/mol. The number of rotatable bonds is 10. The van der Waals surface area contributed by atoms with Gasteiger partial charge in [0, 0.05) is 6.54 Å². The lowest BCUT2D eigenvalue weighted by Gasteiger charge is -2.29. The third-order valence-electron chi connectivity index (χ3n) is 4.81. The molecule has 3 nitrogen and oxygen atoms in total. The maximum absolute atomic E-state index is 11.7. The number of ether oxygens (including phenoxy) is 1. The zero-order valence-electron chi connectivity index (χ0n) is 15.0. The van der Waals surface area contributed by atoms with Crippen LogP contribution in [-0.4, -0.2) is 31.1 Å². The molecule has 0 aliphatic carbocycles. The first-order valence-corrected chi connectivity index (χ1v) is 12.8. The van der Waals surface area contributed by atoms with E-state index in [1.807, 2.05) is 6.07 Å². The number of benzene rings is 1. The van der Waals surface area contributed by atoms with Gasteiger partial charge in [-0.15, -0.1) is 0 Å². The summed E-state index contributed by atoms with van der Waals surface area (Å²) in [5.74, 6) is 0. The Hall–Kier alpha value is -0.423. The van der Waals surface area contributed by atoms with Crippen LogP contribution in [0.3, 0.4) is 0 Å². The summed E-state index contributed by atoms with van der Waals surface area (Å²) in [5, 5.41) is 2.78. The smallest absolute Gasteiger partial charge is 0.407 e. The number of carbonyl (C=O) groups excluding carboxylic acids is 1. The predicted octanol–water partition coefficient (Wildman–Crippen LogP) is 6.20. The molecule has 0 spiro atoms. The van der Waals surface area contributed by atoms with Crippen LogP contribution in [0.1, 0.15) is 25.8 Å². The fourth-order valence-electron chi connectivity index (χ4n) is 3.02. The van der Waals surface area contributed by atoms with Gasteiger partial charge in [0.15, 0.2) is 0 Å². The first-order valence-electron chi connectivity index (χ1n) is 8.81. The first-order chi connectivity index (χ1) is 11.8. The molecule has 1 amide bonds. The van der Waals surface area contributed by atoms with E-state index >= 15 is 0 Å².